The summed E-state index contributed by atoms with van der Waals surface area (Å²) < 4.78 is 5.49. The van der Waals surface area contributed by atoms with E-state index in [1.165, 1.54) is 25.7 Å². The minimum atomic E-state index is 0.00411. The van der Waals surface area contributed by atoms with E-state index in [1.54, 1.807) is 0 Å². The number of nitrogens with zero attached hydrogens (tertiary/aromatic N) is 1. The van der Waals surface area contributed by atoms with Crippen LogP contribution in [-0.4, -0.2) is 61.1 Å². The van der Waals surface area contributed by atoms with Crippen LogP contribution < -0.4 is 10.6 Å². The number of amides is 2. The molecular weight excluding hydrogens is 342 g/mol. The van der Waals surface area contributed by atoms with Crippen molar-refractivity contribution in [3.63, 3.8) is 0 Å². The molecule has 3 aliphatic rings. The number of fused-ring (bicyclic) bond motifs is 1. The number of nitrogens with one attached hydrogen (secondary N) is 2. The third-order valence-electron chi connectivity index (χ3n) is 6.41. The lowest BCUT2D eigenvalue weighted by Crippen LogP contribution is -2.49. The Labute approximate surface area is 163 Å². The number of hydrogen-bond donors (Lipinski definition) is 2. The van der Waals surface area contributed by atoms with Crippen molar-refractivity contribution < 1.29 is 14.3 Å². The quantitative estimate of drug-likeness (QED) is 0.665. The summed E-state index contributed by atoms with van der Waals surface area (Å²) in [6, 6.07) is 0.556. The van der Waals surface area contributed by atoms with Crippen molar-refractivity contribution in [2.45, 2.75) is 83.4 Å². The second kappa shape index (κ2) is 9.87. The summed E-state index contributed by atoms with van der Waals surface area (Å²) in [4.78, 5) is 27.2. The van der Waals surface area contributed by atoms with Gasteiger partial charge in [0.2, 0.25) is 11.8 Å². The molecule has 2 heterocycles. The number of rotatable bonds is 7. The van der Waals surface area contributed by atoms with Gasteiger partial charge in [0, 0.05) is 38.2 Å². The molecule has 6 heteroatoms. The minimum Gasteiger partial charge on any atom is -0.379 e. The van der Waals surface area contributed by atoms with E-state index in [1.807, 2.05) is 18.7 Å². The smallest absolute Gasteiger partial charge is 0.239 e. The van der Waals surface area contributed by atoms with Gasteiger partial charge in [0.25, 0.3) is 0 Å². The van der Waals surface area contributed by atoms with Gasteiger partial charge in [-0.25, -0.2) is 0 Å². The predicted octanol–water partition coefficient (Wildman–Crippen LogP) is 2.08. The molecule has 2 saturated heterocycles. The molecule has 2 amide bonds. The Kier molecular flexibility index (Phi) is 7.53. The maximum atomic E-state index is 12.9. The Morgan fingerprint density at radius 2 is 1.89 bits per heavy atom. The van der Waals surface area contributed by atoms with Gasteiger partial charge in [-0.05, 0) is 58.3 Å². The number of ether oxygens (including phenoxy) is 1. The summed E-state index contributed by atoms with van der Waals surface area (Å²) in [6.45, 7) is 6.80. The highest BCUT2D eigenvalue weighted by molar-refractivity contribution is 5.83. The van der Waals surface area contributed by atoms with E-state index in [0.717, 1.165) is 25.7 Å². The fourth-order valence-electron chi connectivity index (χ4n) is 4.84. The van der Waals surface area contributed by atoms with Crippen LogP contribution in [0.4, 0.5) is 0 Å². The Morgan fingerprint density at radius 3 is 2.59 bits per heavy atom. The maximum absolute atomic E-state index is 12.9. The van der Waals surface area contributed by atoms with Crippen LogP contribution in [0.5, 0.6) is 0 Å². The number of likely N-dealkylation sites (tertiary alicyclic amines) is 1. The first kappa shape index (κ1) is 20.6. The van der Waals surface area contributed by atoms with Crippen LogP contribution in [0.25, 0.3) is 0 Å². The summed E-state index contributed by atoms with van der Waals surface area (Å²) >= 11 is 0. The third kappa shape index (κ3) is 5.67. The minimum absolute atomic E-state index is 0.00411. The molecule has 154 valence electrons. The number of hydrogen-bond acceptors (Lipinski definition) is 4. The molecule has 0 spiro atoms. The van der Waals surface area contributed by atoms with Gasteiger partial charge in [-0.2, -0.15) is 0 Å². The molecule has 0 aromatic heterocycles. The zero-order chi connectivity index (χ0) is 19.2. The molecule has 3 rings (SSSR count). The molecule has 3 fully saturated rings. The first-order valence-electron chi connectivity index (χ1n) is 11.0. The van der Waals surface area contributed by atoms with Crippen LogP contribution in [0.1, 0.15) is 65.2 Å². The highest BCUT2D eigenvalue weighted by atomic mass is 16.5. The molecule has 6 nitrogen and oxygen atoms in total. The molecular formula is C21H37N3O3. The summed E-state index contributed by atoms with van der Waals surface area (Å²) in [6.07, 6.45) is 8.73. The lowest BCUT2D eigenvalue weighted by atomic mass is 9.85. The SMILES string of the molecule is CC(C)OCCCNC(=O)C1CCN(C(=O)C2CC3CCCCC3N2)CC1. The van der Waals surface area contributed by atoms with Crippen molar-refractivity contribution in [1.82, 2.24) is 15.5 Å². The van der Waals surface area contributed by atoms with Crippen LogP contribution >= 0.6 is 0 Å². The molecule has 27 heavy (non-hydrogen) atoms. The summed E-state index contributed by atoms with van der Waals surface area (Å²) in [5.74, 6) is 1.13. The summed E-state index contributed by atoms with van der Waals surface area (Å²) in [7, 11) is 0. The molecule has 2 aliphatic heterocycles. The number of carbonyl (C=O) groups is 2. The molecule has 1 aliphatic carbocycles. The molecule has 1 saturated carbocycles. The third-order valence-corrected chi connectivity index (χ3v) is 6.41. The highest BCUT2D eigenvalue weighted by Gasteiger charge is 2.40. The van der Waals surface area contributed by atoms with Crippen molar-refractivity contribution in [3.8, 4) is 0 Å². The van der Waals surface area contributed by atoms with Gasteiger partial charge >= 0.3 is 0 Å². The highest BCUT2D eigenvalue weighted by Crippen LogP contribution is 2.34. The van der Waals surface area contributed by atoms with E-state index in [-0.39, 0.29) is 29.9 Å². The van der Waals surface area contributed by atoms with E-state index in [9.17, 15) is 9.59 Å². The second-order valence-corrected chi connectivity index (χ2v) is 8.77. The zero-order valence-corrected chi connectivity index (χ0v) is 17.0. The Bertz CT molecular complexity index is 489. The van der Waals surface area contributed by atoms with E-state index >= 15 is 0 Å². The van der Waals surface area contributed by atoms with E-state index in [2.05, 4.69) is 10.6 Å². The van der Waals surface area contributed by atoms with Crippen LogP contribution in [0.2, 0.25) is 0 Å². The van der Waals surface area contributed by atoms with E-state index < -0.39 is 0 Å². The van der Waals surface area contributed by atoms with Crippen LogP contribution in [0.15, 0.2) is 0 Å². The van der Waals surface area contributed by atoms with Crippen molar-refractivity contribution >= 4 is 11.8 Å². The fourth-order valence-corrected chi connectivity index (χ4v) is 4.84. The van der Waals surface area contributed by atoms with E-state index in [0.29, 0.717) is 38.2 Å². The average Bonchev–Trinajstić information content (AvgIpc) is 3.11. The number of carbonyl (C=O) groups excluding carboxylic acids is 2. The molecule has 2 N–H and O–H groups in total. The van der Waals surface area contributed by atoms with Gasteiger partial charge in [-0.15, -0.1) is 0 Å². The van der Waals surface area contributed by atoms with Crippen LogP contribution in [-0.2, 0) is 14.3 Å². The standard InChI is InChI=1S/C21H37N3O3/c1-15(2)27-13-5-10-22-20(25)16-8-11-24(12-9-16)21(26)19-14-17-6-3-4-7-18(17)23-19/h15-19,23H,3-14H2,1-2H3,(H,22,25). The Hall–Kier alpha value is -1.14. The predicted molar refractivity (Wildman–Crippen MR) is 105 cm³/mol. The first-order valence-corrected chi connectivity index (χ1v) is 11.0. The van der Waals surface area contributed by atoms with Gasteiger partial charge in [-0.1, -0.05) is 12.8 Å². The van der Waals surface area contributed by atoms with Crippen LogP contribution in [0, 0.1) is 11.8 Å². The largest absolute Gasteiger partial charge is 0.379 e. The van der Waals surface area contributed by atoms with E-state index in [4.69, 9.17) is 4.74 Å². The summed E-state index contributed by atoms with van der Waals surface area (Å²) in [5, 5.41) is 6.61. The van der Waals surface area contributed by atoms with Crippen molar-refractivity contribution in [2.75, 3.05) is 26.2 Å². The topological polar surface area (TPSA) is 70.7 Å². The van der Waals surface area contributed by atoms with Gasteiger partial charge < -0.3 is 20.3 Å². The van der Waals surface area contributed by atoms with Crippen molar-refractivity contribution in [2.24, 2.45) is 11.8 Å². The maximum Gasteiger partial charge on any atom is 0.239 e. The summed E-state index contributed by atoms with van der Waals surface area (Å²) in [5.41, 5.74) is 0. The second-order valence-electron chi connectivity index (χ2n) is 8.77. The lowest BCUT2D eigenvalue weighted by Gasteiger charge is -2.33. The van der Waals surface area contributed by atoms with Gasteiger partial charge in [0.05, 0.1) is 12.1 Å². The van der Waals surface area contributed by atoms with Gasteiger partial charge in [0.1, 0.15) is 0 Å². The molecule has 3 unspecified atom stereocenters. The zero-order valence-electron chi connectivity index (χ0n) is 17.0. The van der Waals surface area contributed by atoms with Gasteiger partial charge in [0.15, 0.2) is 0 Å². The molecule has 0 aromatic rings. The molecule has 0 bridgehead atoms. The Balaban J connectivity index is 1.34. The van der Waals surface area contributed by atoms with Crippen molar-refractivity contribution in [1.29, 1.82) is 0 Å². The van der Waals surface area contributed by atoms with Crippen molar-refractivity contribution in [3.05, 3.63) is 0 Å². The average molecular weight is 380 g/mol. The lowest BCUT2D eigenvalue weighted by molar-refractivity contribution is -0.137. The van der Waals surface area contributed by atoms with Gasteiger partial charge in [-0.3, -0.25) is 9.59 Å². The number of piperidine rings is 1. The Morgan fingerprint density at radius 1 is 1.15 bits per heavy atom. The van der Waals surface area contributed by atoms with Crippen LogP contribution in [0.3, 0.4) is 0 Å². The monoisotopic (exact) mass is 379 g/mol. The normalized spacial score (nSPS) is 29.0. The fraction of sp³-hybridized carbons (Fsp3) is 0.905. The molecule has 0 aromatic carbocycles. The first-order chi connectivity index (χ1) is 13.0. The molecule has 3 atom stereocenters. The molecule has 0 radical (unpaired) electrons.